The zero-order valence-corrected chi connectivity index (χ0v) is 12.4. The molecule has 0 spiro atoms. The molecule has 0 fully saturated rings. The summed E-state index contributed by atoms with van der Waals surface area (Å²) in [6, 6.07) is 5.42. The average Bonchev–Trinajstić information content (AvgIpc) is 2.36. The maximum Gasteiger partial charge on any atom is 0.328 e. The fraction of sp³-hybridized carbons (Fsp3) is 0.385. The number of hydrogen-bond acceptors (Lipinski definition) is 5. The quantitative estimate of drug-likeness (QED) is 0.801. The van der Waals surface area contributed by atoms with Gasteiger partial charge in [0.25, 0.3) is 5.91 Å². The zero-order valence-electron chi connectivity index (χ0n) is 11.5. The highest BCUT2D eigenvalue weighted by Crippen LogP contribution is 2.08. The van der Waals surface area contributed by atoms with Gasteiger partial charge in [0.05, 0.1) is 12.9 Å². The fourth-order valence-corrected chi connectivity index (χ4v) is 2.37. The van der Waals surface area contributed by atoms with Gasteiger partial charge in [-0.2, -0.15) is 0 Å². The Morgan fingerprint density at radius 1 is 1.25 bits per heavy atom. The van der Waals surface area contributed by atoms with E-state index >= 15 is 0 Å². The van der Waals surface area contributed by atoms with Crippen molar-refractivity contribution in [3.05, 3.63) is 35.4 Å². The summed E-state index contributed by atoms with van der Waals surface area (Å²) < 4.78 is 26.8. The minimum Gasteiger partial charge on any atom is -0.467 e. The number of hydrogen-bond donors (Lipinski definition) is 1. The third kappa shape index (κ3) is 5.00. The van der Waals surface area contributed by atoms with Crippen LogP contribution < -0.4 is 5.32 Å². The zero-order chi connectivity index (χ0) is 15.3. The third-order valence-electron chi connectivity index (χ3n) is 2.55. The van der Waals surface area contributed by atoms with E-state index in [0.717, 1.165) is 6.26 Å². The topological polar surface area (TPSA) is 89.5 Å². The van der Waals surface area contributed by atoms with Crippen LogP contribution >= 0.6 is 0 Å². The van der Waals surface area contributed by atoms with Gasteiger partial charge < -0.3 is 10.1 Å². The molecule has 0 radical (unpaired) electrons. The molecule has 0 aromatic heterocycles. The van der Waals surface area contributed by atoms with Gasteiger partial charge in [-0.1, -0.05) is 12.1 Å². The average molecular weight is 299 g/mol. The van der Waals surface area contributed by atoms with Gasteiger partial charge >= 0.3 is 5.97 Å². The molecule has 0 bridgehead atoms. The van der Waals surface area contributed by atoms with Gasteiger partial charge in [-0.3, -0.25) is 4.79 Å². The number of benzene rings is 1. The molecule has 7 heteroatoms. The standard InChI is InChI=1S/C13H17NO5S/c1-9(13(16)19-2)14-12(15)11-6-4-10(5-7-11)8-20(3,17)18/h4-7,9H,8H2,1-3H3,(H,14,15). The summed E-state index contributed by atoms with van der Waals surface area (Å²) in [7, 11) is -1.86. The van der Waals surface area contributed by atoms with Gasteiger partial charge in [-0.05, 0) is 24.6 Å². The summed E-state index contributed by atoms with van der Waals surface area (Å²) in [5.74, 6) is -1.03. The molecule has 0 aliphatic heterocycles. The van der Waals surface area contributed by atoms with Gasteiger partial charge in [-0.25, -0.2) is 13.2 Å². The number of methoxy groups -OCH3 is 1. The van der Waals surface area contributed by atoms with Crippen molar-refractivity contribution in [2.45, 2.75) is 18.7 Å². The number of esters is 1. The van der Waals surface area contributed by atoms with E-state index in [9.17, 15) is 18.0 Å². The second-order valence-corrected chi connectivity index (χ2v) is 6.63. The highest BCUT2D eigenvalue weighted by atomic mass is 32.2. The van der Waals surface area contributed by atoms with Crippen LogP contribution in [0.4, 0.5) is 0 Å². The number of nitrogens with one attached hydrogen (secondary N) is 1. The molecular weight excluding hydrogens is 282 g/mol. The molecule has 1 unspecified atom stereocenters. The Morgan fingerprint density at radius 3 is 2.25 bits per heavy atom. The predicted octanol–water partition coefficient (Wildman–Crippen LogP) is 0.522. The van der Waals surface area contributed by atoms with Crippen LogP contribution in [0.5, 0.6) is 0 Å². The highest BCUT2D eigenvalue weighted by molar-refractivity contribution is 7.89. The van der Waals surface area contributed by atoms with Crippen molar-refractivity contribution in [1.29, 1.82) is 0 Å². The molecule has 0 saturated heterocycles. The van der Waals surface area contributed by atoms with Crippen LogP contribution in [0, 0.1) is 0 Å². The summed E-state index contributed by atoms with van der Waals surface area (Å²) in [4.78, 5) is 23.0. The lowest BCUT2D eigenvalue weighted by Gasteiger charge is -2.11. The molecule has 0 saturated carbocycles. The maximum absolute atomic E-state index is 11.8. The fourth-order valence-electron chi connectivity index (χ4n) is 1.57. The molecule has 1 N–H and O–H groups in total. The third-order valence-corrected chi connectivity index (χ3v) is 3.41. The first-order chi connectivity index (χ1) is 9.23. The number of sulfone groups is 1. The Kier molecular flexibility index (Phi) is 5.26. The summed E-state index contributed by atoms with van der Waals surface area (Å²) in [6.07, 6.45) is 1.14. The first-order valence-corrected chi connectivity index (χ1v) is 7.94. The van der Waals surface area contributed by atoms with Gasteiger partial charge in [-0.15, -0.1) is 0 Å². The number of carbonyl (C=O) groups is 2. The lowest BCUT2D eigenvalue weighted by atomic mass is 10.1. The van der Waals surface area contributed by atoms with E-state index in [0.29, 0.717) is 11.1 Å². The SMILES string of the molecule is COC(=O)C(C)NC(=O)c1ccc(CS(C)(=O)=O)cc1. The Bertz CT molecular complexity index is 592. The van der Waals surface area contributed by atoms with Crippen molar-refractivity contribution in [2.24, 2.45) is 0 Å². The second-order valence-electron chi connectivity index (χ2n) is 4.49. The molecule has 20 heavy (non-hydrogen) atoms. The molecule has 0 heterocycles. The van der Waals surface area contributed by atoms with Crippen molar-refractivity contribution < 1.29 is 22.7 Å². The normalized spacial score (nSPS) is 12.6. The van der Waals surface area contributed by atoms with E-state index in [1.54, 1.807) is 12.1 Å². The lowest BCUT2D eigenvalue weighted by molar-refractivity contribution is -0.142. The first kappa shape index (κ1) is 16.2. The minimum absolute atomic E-state index is 0.0759. The lowest BCUT2D eigenvalue weighted by Crippen LogP contribution is -2.39. The Balaban J connectivity index is 2.73. The molecule has 110 valence electrons. The second kappa shape index (κ2) is 6.51. The van der Waals surface area contributed by atoms with Crippen molar-refractivity contribution in [3.63, 3.8) is 0 Å². The molecule has 1 aromatic carbocycles. The number of ether oxygens (including phenoxy) is 1. The molecule has 0 aliphatic rings. The van der Waals surface area contributed by atoms with Crippen LogP contribution in [0.2, 0.25) is 0 Å². The number of rotatable bonds is 5. The molecule has 6 nitrogen and oxygen atoms in total. The molecule has 1 rings (SSSR count). The van der Waals surface area contributed by atoms with E-state index in [2.05, 4.69) is 10.1 Å². The minimum atomic E-state index is -3.11. The van der Waals surface area contributed by atoms with E-state index < -0.39 is 27.8 Å². The largest absolute Gasteiger partial charge is 0.467 e. The maximum atomic E-state index is 11.8. The summed E-state index contributed by atoms with van der Waals surface area (Å²) >= 11 is 0. The van der Waals surface area contributed by atoms with Crippen LogP contribution in [0.25, 0.3) is 0 Å². The molecule has 1 atom stereocenters. The Labute approximate surface area is 118 Å². The van der Waals surface area contributed by atoms with Gasteiger partial charge in [0, 0.05) is 11.8 Å². The van der Waals surface area contributed by atoms with Crippen LogP contribution in [0.1, 0.15) is 22.8 Å². The van der Waals surface area contributed by atoms with Crippen molar-refractivity contribution >= 4 is 21.7 Å². The predicted molar refractivity (Wildman–Crippen MR) is 73.9 cm³/mol. The summed E-state index contributed by atoms with van der Waals surface area (Å²) in [6.45, 7) is 1.52. The Hall–Kier alpha value is -1.89. The monoisotopic (exact) mass is 299 g/mol. The number of amides is 1. The smallest absolute Gasteiger partial charge is 0.328 e. The number of carbonyl (C=O) groups excluding carboxylic acids is 2. The van der Waals surface area contributed by atoms with Crippen molar-refractivity contribution in [2.75, 3.05) is 13.4 Å². The molecular formula is C13H17NO5S. The molecule has 0 aliphatic carbocycles. The first-order valence-electron chi connectivity index (χ1n) is 5.88. The van der Waals surface area contributed by atoms with Crippen LogP contribution in [-0.2, 0) is 25.1 Å². The van der Waals surface area contributed by atoms with Gasteiger partial charge in [0.2, 0.25) is 0 Å². The van der Waals surface area contributed by atoms with Gasteiger partial charge in [0.1, 0.15) is 6.04 Å². The highest BCUT2D eigenvalue weighted by Gasteiger charge is 2.16. The summed E-state index contributed by atoms with van der Waals surface area (Å²) in [5.41, 5.74) is 0.947. The van der Waals surface area contributed by atoms with E-state index in [4.69, 9.17) is 0 Å². The van der Waals surface area contributed by atoms with Crippen LogP contribution in [0.15, 0.2) is 24.3 Å². The van der Waals surface area contributed by atoms with E-state index in [1.165, 1.54) is 26.2 Å². The molecule has 1 aromatic rings. The molecule has 1 amide bonds. The van der Waals surface area contributed by atoms with E-state index in [1.807, 2.05) is 0 Å². The van der Waals surface area contributed by atoms with Crippen LogP contribution in [0.3, 0.4) is 0 Å². The van der Waals surface area contributed by atoms with Crippen molar-refractivity contribution in [3.8, 4) is 0 Å². The van der Waals surface area contributed by atoms with E-state index in [-0.39, 0.29) is 5.75 Å². The van der Waals surface area contributed by atoms with Crippen LogP contribution in [-0.4, -0.2) is 39.7 Å². The Morgan fingerprint density at radius 2 is 1.80 bits per heavy atom. The summed E-state index contributed by atoms with van der Waals surface area (Å²) in [5, 5.41) is 2.48. The van der Waals surface area contributed by atoms with Crippen molar-refractivity contribution in [1.82, 2.24) is 5.32 Å². The van der Waals surface area contributed by atoms with Gasteiger partial charge in [0.15, 0.2) is 9.84 Å².